The monoisotopic (exact) mass is 507 g/mol. The SMILES string of the molecule is C[C@H]1Cc2cc(C(O)=C3C(=O)C(=O)N(Cc4ccco4)[C@H]3c3cccc(Oc4ccccc4)c3)ccc2O1. The van der Waals surface area contributed by atoms with Crippen molar-refractivity contribution in [3.63, 3.8) is 0 Å². The fourth-order valence-corrected chi connectivity index (χ4v) is 5.06. The van der Waals surface area contributed by atoms with Gasteiger partial charge in [-0.2, -0.15) is 0 Å². The minimum absolute atomic E-state index is 0.0188. The number of amides is 1. The zero-order valence-corrected chi connectivity index (χ0v) is 20.7. The van der Waals surface area contributed by atoms with Gasteiger partial charge in [-0.3, -0.25) is 9.59 Å². The Morgan fingerprint density at radius 3 is 2.58 bits per heavy atom. The molecule has 6 rings (SSSR count). The van der Waals surface area contributed by atoms with Crippen LogP contribution in [0.2, 0.25) is 0 Å². The molecule has 0 spiro atoms. The zero-order valence-electron chi connectivity index (χ0n) is 20.7. The lowest BCUT2D eigenvalue weighted by Gasteiger charge is -2.25. The molecule has 2 atom stereocenters. The van der Waals surface area contributed by atoms with Crippen LogP contribution in [-0.2, 0) is 22.6 Å². The lowest BCUT2D eigenvalue weighted by atomic mass is 9.94. The summed E-state index contributed by atoms with van der Waals surface area (Å²) in [7, 11) is 0. The van der Waals surface area contributed by atoms with E-state index in [9.17, 15) is 14.7 Å². The van der Waals surface area contributed by atoms with Gasteiger partial charge in [0.2, 0.25) is 0 Å². The number of fused-ring (bicyclic) bond motifs is 1. The first kappa shape index (κ1) is 23.6. The molecule has 3 aromatic carbocycles. The number of benzene rings is 3. The summed E-state index contributed by atoms with van der Waals surface area (Å²) in [6.45, 7) is 2.04. The third-order valence-corrected chi connectivity index (χ3v) is 6.77. The molecular formula is C31H25NO6. The maximum atomic E-state index is 13.4. The van der Waals surface area contributed by atoms with E-state index in [1.165, 1.54) is 11.2 Å². The van der Waals surface area contributed by atoms with Crippen LogP contribution in [0.15, 0.2) is 101 Å². The van der Waals surface area contributed by atoms with Gasteiger partial charge >= 0.3 is 0 Å². The summed E-state index contributed by atoms with van der Waals surface area (Å²) in [5.41, 5.74) is 2.05. The van der Waals surface area contributed by atoms with Crippen LogP contribution >= 0.6 is 0 Å². The number of carbonyl (C=O) groups excluding carboxylic acids is 2. The summed E-state index contributed by atoms with van der Waals surface area (Å²) in [4.78, 5) is 28.1. The lowest BCUT2D eigenvalue weighted by Crippen LogP contribution is -2.29. The summed E-state index contributed by atoms with van der Waals surface area (Å²) in [6.07, 6.45) is 2.25. The van der Waals surface area contributed by atoms with Gasteiger partial charge in [0, 0.05) is 12.0 Å². The Morgan fingerprint density at radius 2 is 1.79 bits per heavy atom. The van der Waals surface area contributed by atoms with E-state index < -0.39 is 17.7 Å². The van der Waals surface area contributed by atoms with Crippen molar-refractivity contribution >= 4 is 17.4 Å². The highest BCUT2D eigenvalue weighted by Gasteiger charge is 2.46. The summed E-state index contributed by atoms with van der Waals surface area (Å²) < 4.78 is 17.3. The zero-order chi connectivity index (χ0) is 26.2. The van der Waals surface area contributed by atoms with Crippen molar-refractivity contribution < 1.29 is 28.6 Å². The molecule has 0 radical (unpaired) electrons. The fraction of sp³-hybridized carbons (Fsp3) is 0.161. The summed E-state index contributed by atoms with van der Waals surface area (Å²) in [5, 5.41) is 11.5. The van der Waals surface area contributed by atoms with Gasteiger partial charge in [0.05, 0.1) is 24.4 Å². The first-order chi connectivity index (χ1) is 18.5. The number of hydrogen-bond donors (Lipinski definition) is 1. The van der Waals surface area contributed by atoms with Crippen LogP contribution in [0.4, 0.5) is 0 Å². The number of aliphatic hydroxyl groups is 1. The molecule has 0 bridgehead atoms. The molecule has 0 unspecified atom stereocenters. The Morgan fingerprint density at radius 1 is 0.974 bits per heavy atom. The first-order valence-corrected chi connectivity index (χ1v) is 12.4. The van der Waals surface area contributed by atoms with Crippen LogP contribution in [0.1, 0.15) is 35.4 Å². The van der Waals surface area contributed by atoms with E-state index >= 15 is 0 Å². The van der Waals surface area contributed by atoms with Gasteiger partial charge < -0.3 is 23.9 Å². The van der Waals surface area contributed by atoms with Crippen LogP contribution in [0.25, 0.3) is 5.76 Å². The lowest BCUT2D eigenvalue weighted by molar-refractivity contribution is -0.140. The Labute approximate surface area is 219 Å². The number of para-hydroxylation sites is 1. The van der Waals surface area contributed by atoms with Gasteiger partial charge in [-0.15, -0.1) is 0 Å². The molecule has 4 aromatic rings. The number of likely N-dealkylation sites (tertiary alicyclic amines) is 1. The summed E-state index contributed by atoms with van der Waals surface area (Å²) >= 11 is 0. The summed E-state index contributed by atoms with van der Waals surface area (Å²) in [6, 6.07) is 24.5. The Balaban J connectivity index is 1.45. The van der Waals surface area contributed by atoms with Crippen molar-refractivity contribution in [3.8, 4) is 17.2 Å². The smallest absolute Gasteiger partial charge is 0.296 e. The second kappa shape index (κ2) is 9.59. The fourth-order valence-electron chi connectivity index (χ4n) is 5.06. The number of ketones is 1. The maximum Gasteiger partial charge on any atom is 0.296 e. The van der Waals surface area contributed by atoms with Crippen molar-refractivity contribution in [2.75, 3.05) is 0 Å². The predicted octanol–water partition coefficient (Wildman–Crippen LogP) is 6.02. The van der Waals surface area contributed by atoms with Crippen molar-refractivity contribution in [2.45, 2.75) is 32.0 Å². The van der Waals surface area contributed by atoms with E-state index in [2.05, 4.69) is 0 Å². The molecular weight excluding hydrogens is 482 g/mol. The van der Waals surface area contributed by atoms with Crippen molar-refractivity contribution in [2.24, 2.45) is 0 Å². The van der Waals surface area contributed by atoms with E-state index in [0.717, 1.165) is 11.3 Å². The van der Waals surface area contributed by atoms with E-state index in [-0.39, 0.29) is 24.0 Å². The van der Waals surface area contributed by atoms with Gasteiger partial charge in [0.1, 0.15) is 34.9 Å². The highest BCUT2D eigenvalue weighted by Crippen LogP contribution is 2.42. The van der Waals surface area contributed by atoms with Gasteiger partial charge in [0.25, 0.3) is 11.7 Å². The average molecular weight is 508 g/mol. The number of nitrogens with zero attached hydrogens (tertiary/aromatic N) is 1. The number of furan rings is 1. The van der Waals surface area contributed by atoms with Crippen LogP contribution < -0.4 is 9.47 Å². The highest BCUT2D eigenvalue weighted by molar-refractivity contribution is 6.46. The molecule has 1 N–H and O–H groups in total. The first-order valence-electron chi connectivity index (χ1n) is 12.4. The van der Waals surface area contributed by atoms with Crippen molar-refractivity contribution in [1.29, 1.82) is 0 Å². The molecule has 0 aliphatic carbocycles. The quantitative estimate of drug-likeness (QED) is 0.195. The minimum atomic E-state index is -0.845. The molecule has 2 aliphatic heterocycles. The average Bonchev–Trinajstić information content (AvgIpc) is 3.63. The van der Waals surface area contributed by atoms with Gasteiger partial charge in [-0.05, 0) is 72.6 Å². The topological polar surface area (TPSA) is 89.2 Å². The van der Waals surface area contributed by atoms with Gasteiger partial charge in [0.15, 0.2) is 0 Å². The van der Waals surface area contributed by atoms with Crippen LogP contribution in [0.3, 0.4) is 0 Å². The number of hydrogen-bond acceptors (Lipinski definition) is 6. The molecule has 7 heteroatoms. The normalized spacial score (nSPS) is 19.9. The molecule has 190 valence electrons. The number of rotatable bonds is 6. The number of carbonyl (C=O) groups is 2. The molecule has 0 saturated carbocycles. The van der Waals surface area contributed by atoms with E-state index in [4.69, 9.17) is 13.9 Å². The largest absolute Gasteiger partial charge is 0.507 e. The summed E-state index contributed by atoms with van der Waals surface area (Å²) in [5.74, 6) is 0.794. The molecule has 1 saturated heterocycles. The third-order valence-electron chi connectivity index (χ3n) is 6.77. The van der Waals surface area contributed by atoms with Crippen molar-refractivity contribution in [3.05, 3.63) is 119 Å². The van der Waals surface area contributed by atoms with E-state index in [1.54, 1.807) is 42.5 Å². The van der Waals surface area contributed by atoms with Crippen LogP contribution in [0, 0.1) is 0 Å². The van der Waals surface area contributed by atoms with Crippen LogP contribution in [0.5, 0.6) is 17.2 Å². The number of ether oxygens (including phenoxy) is 2. The molecule has 3 heterocycles. The molecule has 1 aromatic heterocycles. The highest BCUT2D eigenvalue weighted by atomic mass is 16.5. The molecule has 38 heavy (non-hydrogen) atoms. The van der Waals surface area contributed by atoms with E-state index in [0.29, 0.717) is 34.8 Å². The van der Waals surface area contributed by atoms with Crippen molar-refractivity contribution in [1.82, 2.24) is 4.90 Å². The molecule has 2 aliphatic rings. The molecule has 1 fully saturated rings. The standard InChI is InChI=1S/C31H25NO6/c1-19-15-22-16-21(12-13-26(22)37-19)29(33)27-28(32(31(35)30(27)34)18-25-11-6-14-36-25)20-7-5-10-24(17-20)38-23-8-3-2-4-9-23/h2-14,16-17,19,28,33H,15,18H2,1H3/t19-,28-/m0/s1. The second-order valence-corrected chi connectivity index (χ2v) is 9.45. The van der Waals surface area contributed by atoms with E-state index in [1.807, 2.05) is 49.4 Å². The predicted molar refractivity (Wildman–Crippen MR) is 140 cm³/mol. The molecule has 7 nitrogen and oxygen atoms in total. The second-order valence-electron chi connectivity index (χ2n) is 9.45. The third kappa shape index (κ3) is 4.32. The van der Waals surface area contributed by atoms with Gasteiger partial charge in [-0.25, -0.2) is 0 Å². The Hall–Kier alpha value is -4.78. The van der Waals surface area contributed by atoms with Gasteiger partial charge in [-0.1, -0.05) is 30.3 Å². The minimum Gasteiger partial charge on any atom is -0.507 e. The number of aliphatic hydroxyl groups excluding tert-OH is 1. The van der Waals surface area contributed by atoms with Crippen LogP contribution in [-0.4, -0.2) is 27.8 Å². The Bertz CT molecular complexity index is 1540. The Kier molecular flexibility index (Phi) is 5.96. The molecule has 1 amide bonds. The number of Topliss-reactive ketones (excluding diaryl/α,β-unsaturated/α-hetero) is 1. The maximum absolute atomic E-state index is 13.4.